The Kier molecular flexibility index (Phi) is 5.80. The minimum Gasteiger partial charge on any atom is -0.364 e. The van der Waals surface area contributed by atoms with Crippen molar-refractivity contribution in [2.45, 2.75) is 24.7 Å². The molecule has 1 unspecified atom stereocenters. The van der Waals surface area contributed by atoms with Crippen molar-refractivity contribution >= 4 is 34.1 Å². The first-order valence-electron chi connectivity index (χ1n) is 9.81. The second kappa shape index (κ2) is 8.55. The van der Waals surface area contributed by atoms with Crippen LogP contribution in [0.25, 0.3) is 11.1 Å². The van der Waals surface area contributed by atoms with Gasteiger partial charge in [-0.1, -0.05) is 23.7 Å². The van der Waals surface area contributed by atoms with E-state index in [9.17, 15) is 10.1 Å². The third-order valence-electron chi connectivity index (χ3n) is 5.51. The van der Waals surface area contributed by atoms with Crippen LogP contribution in [0.15, 0.2) is 42.4 Å². The SMILES string of the molecule is N#Cc1c(N/C(=C/C(=N)Cl)C(=N)C(N)=O)cccc1-c1cnn(C2CCC23OCCO3)c1. The number of hydrogen-bond acceptors (Lipinski definition) is 8. The molecule has 1 saturated heterocycles. The molecule has 1 atom stereocenters. The van der Waals surface area contributed by atoms with E-state index >= 15 is 0 Å². The fourth-order valence-electron chi connectivity index (χ4n) is 3.89. The maximum atomic E-state index is 11.5. The molecule has 5 N–H and O–H groups in total. The highest BCUT2D eigenvalue weighted by molar-refractivity contribution is 6.68. The lowest BCUT2D eigenvalue weighted by molar-refractivity contribution is -0.242. The molecule has 2 aliphatic rings. The molecule has 1 amide bonds. The Labute approximate surface area is 188 Å². The van der Waals surface area contributed by atoms with Crippen LogP contribution >= 0.6 is 11.6 Å². The normalized spacial score (nSPS) is 19.2. The van der Waals surface area contributed by atoms with E-state index in [4.69, 9.17) is 37.6 Å². The van der Waals surface area contributed by atoms with Crippen molar-refractivity contribution in [3.63, 3.8) is 0 Å². The molecule has 32 heavy (non-hydrogen) atoms. The maximum absolute atomic E-state index is 11.5. The summed E-state index contributed by atoms with van der Waals surface area (Å²) in [5, 5.41) is 32.1. The van der Waals surface area contributed by atoms with Crippen LogP contribution in [0.2, 0.25) is 0 Å². The van der Waals surface area contributed by atoms with E-state index in [2.05, 4.69) is 16.5 Å². The van der Waals surface area contributed by atoms with Crippen LogP contribution in [-0.4, -0.2) is 45.6 Å². The van der Waals surface area contributed by atoms with Gasteiger partial charge in [-0.15, -0.1) is 0 Å². The highest BCUT2D eigenvalue weighted by Crippen LogP contribution is 2.48. The second-order valence-electron chi connectivity index (χ2n) is 7.38. The summed E-state index contributed by atoms with van der Waals surface area (Å²) >= 11 is 5.61. The number of nitrogens with zero attached hydrogens (tertiary/aromatic N) is 3. The molecule has 1 spiro atoms. The number of nitriles is 1. The molecule has 2 heterocycles. The number of hydrogen-bond donors (Lipinski definition) is 4. The maximum Gasteiger partial charge on any atom is 0.268 e. The van der Waals surface area contributed by atoms with Gasteiger partial charge >= 0.3 is 0 Å². The fraction of sp³-hybridized carbons (Fsp3) is 0.286. The lowest BCUT2D eigenvalue weighted by atomic mass is 9.85. The van der Waals surface area contributed by atoms with Crippen molar-refractivity contribution < 1.29 is 14.3 Å². The van der Waals surface area contributed by atoms with E-state index in [-0.39, 0.29) is 17.3 Å². The number of ether oxygens (including phenoxy) is 2. The lowest BCUT2D eigenvalue weighted by Crippen LogP contribution is -2.49. The van der Waals surface area contributed by atoms with Gasteiger partial charge in [0.1, 0.15) is 23.0 Å². The summed E-state index contributed by atoms with van der Waals surface area (Å²) in [5.41, 5.74) is 6.47. The van der Waals surface area contributed by atoms with E-state index in [1.165, 1.54) is 0 Å². The zero-order valence-electron chi connectivity index (χ0n) is 16.9. The van der Waals surface area contributed by atoms with Gasteiger partial charge in [0, 0.05) is 29.8 Å². The third kappa shape index (κ3) is 3.89. The van der Waals surface area contributed by atoms with E-state index in [1.54, 1.807) is 29.1 Å². The Morgan fingerprint density at radius 3 is 2.75 bits per heavy atom. The van der Waals surface area contributed by atoms with Gasteiger partial charge < -0.3 is 20.5 Å². The van der Waals surface area contributed by atoms with Crippen LogP contribution in [0.5, 0.6) is 0 Å². The topological polar surface area (TPSA) is 163 Å². The number of amides is 1. The van der Waals surface area contributed by atoms with E-state index in [0.29, 0.717) is 30.0 Å². The van der Waals surface area contributed by atoms with E-state index < -0.39 is 22.6 Å². The standard InChI is InChI=1S/C21H20ClN7O3/c22-18(24)8-16(19(25)20(26)30)28-15-3-1-2-13(14(15)9-23)12-10-27-29(11-12)17-4-5-21(17)31-6-7-32-21/h1-3,8,10-11,17,24-25,28H,4-7H2,(H2,26,30)/b16-8+,24-18?,25-19?. The number of carbonyl (C=O) groups is 1. The third-order valence-corrected chi connectivity index (χ3v) is 5.62. The van der Waals surface area contributed by atoms with Crippen molar-refractivity contribution in [2.24, 2.45) is 5.73 Å². The number of nitrogens with two attached hydrogens (primary N) is 1. The van der Waals surface area contributed by atoms with Gasteiger partial charge in [0.05, 0.1) is 36.4 Å². The molecule has 164 valence electrons. The summed E-state index contributed by atoms with van der Waals surface area (Å²) in [6.45, 7) is 1.12. The molecule has 0 bridgehead atoms. The van der Waals surface area contributed by atoms with Gasteiger partial charge in [-0.2, -0.15) is 10.4 Å². The van der Waals surface area contributed by atoms with Crippen molar-refractivity contribution in [2.75, 3.05) is 18.5 Å². The van der Waals surface area contributed by atoms with Gasteiger partial charge in [0.15, 0.2) is 5.79 Å². The molecule has 2 fully saturated rings. The van der Waals surface area contributed by atoms with Crippen LogP contribution in [-0.2, 0) is 14.3 Å². The van der Waals surface area contributed by atoms with Crippen LogP contribution in [0.3, 0.4) is 0 Å². The van der Waals surface area contributed by atoms with Crippen LogP contribution < -0.4 is 11.1 Å². The quantitative estimate of drug-likeness (QED) is 0.470. The van der Waals surface area contributed by atoms with Crippen LogP contribution in [0, 0.1) is 22.1 Å². The largest absolute Gasteiger partial charge is 0.364 e. The summed E-state index contributed by atoms with van der Waals surface area (Å²) in [6, 6.07) is 7.24. The first kappa shape index (κ1) is 21.7. The average Bonchev–Trinajstić information content (AvgIpc) is 3.42. The van der Waals surface area contributed by atoms with Crippen LogP contribution in [0.4, 0.5) is 5.69 Å². The molecule has 1 aliphatic heterocycles. The number of primary amides is 1. The number of benzene rings is 1. The molecule has 1 aromatic heterocycles. The van der Waals surface area contributed by atoms with Gasteiger partial charge in [-0.3, -0.25) is 20.3 Å². The number of aromatic nitrogens is 2. The Balaban J connectivity index is 1.66. The number of rotatable bonds is 7. The first-order valence-corrected chi connectivity index (χ1v) is 10.2. The molecule has 4 rings (SSSR count). The van der Waals surface area contributed by atoms with Gasteiger partial charge in [-0.25, -0.2) is 0 Å². The Morgan fingerprint density at radius 2 is 2.16 bits per heavy atom. The van der Waals surface area contributed by atoms with Gasteiger partial charge in [0.25, 0.3) is 5.91 Å². The molecular weight excluding hydrogens is 434 g/mol. The average molecular weight is 454 g/mol. The number of nitrogens with one attached hydrogen (secondary N) is 3. The van der Waals surface area contributed by atoms with Crippen LogP contribution in [0.1, 0.15) is 24.4 Å². The number of anilines is 1. The van der Waals surface area contributed by atoms with E-state index in [1.807, 2.05) is 6.20 Å². The zero-order chi connectivity index (χ0) is 22.9. The highest BCUT2D eigenvalue weighted by atomic mass is 35.5. The van der Waals surface area contributed by atoms with Gasteiger partial charge in [-0.05, 0) is 12.5 Å². The summed E-state index contributed by atoms with van der Waals surface area (Å²) < 4.78 is 13.4. The molecule has 11 heteroatoms. The minimum absolute atomic E-state index is 0.0362. The van der Waals surface area contributed by atoms with Crippen molar-refractivity contribution in [3.8, 4) is 17.2 Å². The van der Waals surface area contributed by atoms with E-state index in [0.717, 1.165) is 18.9 Å². The second-order valence-corrected chi connectivity index (χ2v) is 7.79. The molecular formula is C21H20ClN7O3. The summed E-state index contributed by atoms with van der Waals surface area (Å²) in [5.74, 6) is -1.62. The molecule has 0 radical (unpaired) electrons. The number of allylic oxidation sites excluding steroid dienone is 1. The van der Waals surface area contributed by atoms with Crippen molar-refractivity contribution in [1.29, 1.82) is 16.1 Å². The summed E-state index contributed by atoms with van der Waals surface area (Å²) in [4.78, 5) is 11.5. The molecule has 1 aromatic carbocycles. The predicted molar refractivity (Wildman–Crippen MR) is 117 cm³/mol. The van der Waals surface area contributed by atoms with Crippen molar-refractivity contribution in [3.05, 3.63) is 47.9 Å². The monoisotopic (exact) mass is 453 g/mol. The molecule has 1 saturated carbocycles. The number of carbonyl (C=O) groups excluding carboxylic acids is 1. The summed E-state index contributed by atoms with van der Waals surface area (Å²) in [6.07, 6.45) is 6.27. The zero-order valence-corrected chi connectivity index (χ0v) is 17.6. The molecule has 2 aromatic rings. The number of halogens is 1. The Morgan fingerprint density at radius 1 is 1.41 bits per heavy atom. The fourth-order valence-corrected chi connectivity index (χ4v) is 4.00. The molecule has 1 aliphatic carbocycles. The lowest BCUT2D eigenvalue weighted by Gasteiger charge is -2.44. The Hall–Kier alpha value is -3.52. The van der Waals surface area contributed by atoms with Gasteiger partial charge in [0.2, 0.25) is 0 Å². The van der Waals surface area contributed by atoms with Crippen molar-refractivity contribution in [1.82, 2.24) is 9.78 Å². The molecule has 10 nitrogen and oxygen atoms in total. The first-order chi connectivity index (χ1) is 15.3. The highest BCUT2D eigenvalue weighted by Gasteiger charge is 2.53. The smallest absolute Gasteiger partial charge is 0.268 e. The minimum atomic E-state index is -0.997. The summed E-state index contributed by atoms with van der Waals surface area (Å²) in [7, 11) is 0. The predicted octanol–water partition coefficient (Wildman–Crippen LogP) is 2.52. The Bertz CT molecular complexity index is 1170.